The molecule has 94 valence electrons. The van der Waals surface area contributed by atoms with E-state index in [1.807, 2.05) is 6.92 Å². The average molecular weight is 283 g/mol. The number of thiazole rings is 1. The van der Waals surface area contributed by atoms with Crippen LogP contribution in [0.3, 0.4) is 0 Å². The first-order chi connectivity index (χ1) is 8.56. The van der Waals surface area contributed by atoms with Crippen molar-refractivity contribution in [1.29, 1.82) is 0 Å². The molecule has 18 heavy (non-hydrogen) atoms. The Kier molecular flexibility index (Phi) is 3.90. The minimum Gasteiger partial charge on any atom is -0.322 e. The van der Waals surface area contributed by atoms with Gasteiger partial charge in [0, 0.05) is 11.6 Å². The number of halogens is 1. The smallest absolute Gasteiger partial charge is 0.276 e. The number of nitrogens with zero attached hydrogens (tertiary/aromatic N) is 2. The maximum absolute atomic E-state index is 11.9. The summed E-state index contributed by atoms with van der Waals surface area (Å²) in [5, 5.41) is 5.54. The lowest BCUT2D eigenvalue weighted by Gasteiger charge is -2.02. The highest BCUT2D eigenvalue weighted by atomic mass is 35.5. The highest BCUT2D eigenvalue weighted by Crippen LogP contribution is 2.17. The van der Waals surface area contributed by atoms with Gasteiger partial charge in [-0.15, -0.1) is 11.3 Å². The largest absolute Gasteiger partial charge is 0.322 e. The van der Waals surface area contributed by atoms with E-state index in [2.05, 4.69) is 15.3 Å². The van der Waals surface area contributed by atoms with Crippen molar-refractivity contribution in [2.75, 3.05) is 5.32 Å². The van der Waals surface area contributed by atoms with E-state index in [4.69, 9.17) is 17.3 Å². The number of anilines is 1. The molecule has 0 aliphatic carbocycles. The Bertz CT molecular complexity index is 552. The molecule has 0 aliphatic heterocycles. The van der Waals surface area contributed by atoms with Gasteiger partial charge in [-0.25, -0.2) is 9.97 Å². The Morgan fingerprint density at radius 2 is 2.33 bits per heavy atom. The summed E-state index contributed by atoms with van der Waals surface area (Å²) < 4.78 is 0. The molecule has 1 atom stereocenters. The lowest BCUT2D eigenvalue weighted by molar-refractivity contribution is 0.102. The van der Waals surface area contributed by atoms with Gasteiger partial charge in [0.05, 0.1) is 11.1 Å². The number of amides is 1. The van der Waals surface area contributed by atoms with Gasteiger partial charge in [0.2, 0.25) is 0 Å². The average Bonchev–Trinajstić information content (AvgIpc) is 2.81. The summed E-state index contributed by atoms with van der Waals surface area (Å²) in [6.07, 6.45) is 1.46. The first-order valence-electron chi connectivity index (χ1n) is 5.20. The minimum atomic E-state index is -0.312. The maximum atomic E-state index is 11.9. The number of hydrogen-bond acceptors (Lipinski definition) is 5. The van der Waals surface area contributed by atoms with Crippen LogP contribution in [-0.4, -0.2) is 15.9 Å². The van der Waals surface area contributed by atoms with Gasteiger partial charge < -0.3 is 11.1 Å². The van der Waals surface area contributed by atoms with Crippen molar-refractivity contribution in [2.45, 2.75) is 13.0 Å². The molecular weight excluding hydrogens is 272 g/mol. The second-order valence-corrected chi connectivity index (χ2v) is 5.00. The molecule has 0 bridgehead atoms. The molecule has 1 amide bonds. The predicted octanol–water partition coefficient (Wildman–Crippen LogP) is 2.46. The Labute approximate surface area is 113 Å². The van der Waals surface area contributed by atoms with Gasteiger partial charge >= 0.3 is 0 Å². The SMILES string of the molecule is CC(N)c1nc(C(=O)Nc2ccc(Cl)cn2)cs1. The second kappa shape index (κ2) is 5.43. The summed E-state index contributed by atoms with van der Waals surface area (Å²) in [6, 6.07) is 3.10. The van der Waals surface area contributed by atoms with Crippen molar-refractivity contribution in [3.05, 3.63) is 39.4 Å². The van der Waals surface area contributed by atoms with E-state index in [0.717, 1.165) is 5.01 Å². The zero-order valence-electron chi connectivity index (χ0n) is 9.55. The summed E-state index contributed by atoms with van der Waals surface area (Å²) >= 11 is 7.06. The fraction of sp³-hybridized carbons (Fsp3) is 0.182. The highest BCUT2D eigenvalue weighted by Gasteiger charge is 2.13. The molecule has 2 rings (SSSR count). The van der Waals surface area contributed by atoms with Crippen LogP contribution in [0.1, 0.15) is 28.5 Å². The van der Waals surface area contributed by atoms with Crippen molar-refractivity contribution in [1.82, 2.24) is 9.97 Å². The summed E-state index contributed by atoms with van der Waals surface area (Å²) in [6.45, 7) is 1.82. The van der Waals surface area contributed by atoms with E-state index >= 15 is 0 Å². The van der Waals surface area contributed by atoms with E-state index in [1.165, 1.54) is 17.5 Å². The van der Waals surface area contributed by atoms with Crippen LogP contribution in [0.25, 0.3) is 0 Å². The van der Waals surface area contributed by atoms with E-state index in [9.17, 15) is 4.79 Å². The number of nitrogens with two attached hydrogens (primary N) is 1. The summed E-state index contributed by atoms with van der Waals surface area (Å²) in [5.74, 6) is 0.118. The zero-order chi connectivity index (χ0) is 13.1. The van der Waals surface area contributed by atoms with Crippen LogP contribution in [0, 0.1) is 0 Å². The van der Waals surface area contributed by atoms with Crippen LogP contribution in [-0.2, 0) is 0 Å². The van der Waals surface area contributed by atoms with Crippen molar-refractivity contribution in [2.24, 2.45) is 5.73 Å². The van der Waals surface area contributed by atoms with Gasteiger partial charge in [-0.2, -0.15) is 0 Å². The molecule has 2 aromatic rings. The standard InChI is InChI=1S/C11H11ClN4OS/c1-6(13)11-15-8(5-18-11)10(17)16-9-3-2-7(12)4-14-9/h2-6H,13H2,1H3,(H,14,16,17). The highest BCUT2D eigenvalue weighted by molar-refractivity contribution is 7.09. The Morgan fingerprint density at radius 3 is 2.89 bits per heavy atom. The molecule has 0 spiro atoms. The van der Waals surface area contributed by atoms with Crippen LogP contribution in [0.2, 0.25) is 5.02 Å². The number of aromatic nitrogens is 2. The van der Waals surface area contributed by atoms with Crippen molar-refractivity contribution >= 4 is 34.7 Å². The first kappa shape index (κ1) is 12.9. The molecule has 0 radical (unpaired) electrons. The van der Waals surface area contributed by atoms with Crippen molar-refractivity contribution in [3.63, 3.8) is 0 Å². The first-order valence-corrected chi connectivity index (χ1v) is 6.46. The molecule has 0 aromatic carbocycles. The monoisotopic (exact) mass is 282 g/mol. The minimum absolute atomic E-state index is 0.176. The molecule has 5 nitrogen and oxygen atoms in total. The van der Waals surface area contributed by atoms with Crippen LogP contribution in [0.5, 0.6) is 0 Å². The molecule has 0 saturated heterocycles. The number of carbonyl (C=O) groups excluding carboxylic acids is 1. The fourth-order valence-electron chi connectivity index (χ4n) is 1.23. The molecule has 2 heterocycles. The van der Waals surface area contributed by atoms with Gasteiger partial charge in [-0.3, -0.25) is 4.79 Å². The molecule has 0 saturated carbocycles. The van der Waals surface area contributed by atoms with Crippen molar-refractivity contribution in [3.8, 4) is 0 Å². The maximum Gasteiger partial charge on any atom is 0.276 e. The van der Waals surface area contributed by atoms with Gasteiger partial charge in [-0.1, -0.05) is 11.6 Å². The van der Waals surface area contributed by atoms with E-state index < -0.39 is 0 Å². The van der Waals surface area contributed by atoms with E-state index in [0.29, 0.717) is 16.5 Å². The Balaban J connectivity index is 2.09. The topological polar surface area (TPSA) is 80.9 Å². The summed E-state index contributed by atoms with van der Waals surface area (Å²) in [4.78, 5) is 20.0. The van der Waals surface area contributed by atoms with Gasteiger partial charge in [0.15, 0.2) is 0 Å². The molecule has 3 N–H and O–H groups in total. The van der Waals surface area contributed by atoms with Crippen LogP contribution in [0.4, 0.5) is 5.82 Å². The van der Waals surface area contributed by atoms with Gasteiger partial charge in [-0.05, 0) is 19.1 Å². The third kappa shape index (κ3) is 3.04. The number of carbonyl (C=O) groups is 1. The van der Waals surface area contributed by atoms with Crippen molar-refractivity contribution < 1.29 is 4.79 Å². The van der Waals surface area contributed by atoms with E-state index in [-0.39, 0.29) is 11.9 Å². The van der Waals surface area contributed by atoms with Crippen LogP contribution >= 0.6 is 22.9 Å². The lowest BCUT2D eigenvalue weighted by Crippen LogP contribution is -2.14. The number of pyridine rings is 1. The van der Waals surface area contributed by atoms with E-state index in [1.54, 1.807) is 17.5 Å². The van der Waals surface area contributed by atoms with Gasteiger partial charge in [0.25, 0.3) is 5.91 Å². The third-order valence-corrected chi connectivity index (χ3v) is 3.38. The van der Waals surface area contributed by atoms with Gasteiger partial charge in [0.1, 0.15) is 16.5 Å². The molecule has 0 aliphatic rings. The zero-order valence-corrected chi connectivity index (χ0v) is 11.1. The number of nitrogens with one attached hydrogen (secondary N) is 1. The van der Waals surface area contributed by atoms with Crippen LogP contribution < -0.4 is 11.1 Å². The number of hydrogen-bond donors (Lipinski definition) is 2. The quantitative estimate of drug-likeness (QED) is 0.906. The second-order valence-electron chi connectivity index (χ2n) is 3.68. The molecule has 7 heteroatoms. The summed E-state index contributed by atoms with van der Waals surface area (Å²) in [5.41, 5.74) is 6.02. The third-order valence-electron chi connectivity index (χ3n) is 2.11. The molecular formula is C11H11ClN4OS. The summed E-state index contributed by atoms with van der Waals surface area (Å²) in [7, 11) is 0. The predicted molar refractivity (Wildman–Crippen MR) is 71.9 cm³/mol. The fourth-order valence-corrected chi connectivity index (χ4v) is 2.10. The molecule has 2 aromatic heterocycles. The number of rotatable bonds is 3. The Morgan fingerprint density at radius 1 is 1.56 bits per heavy atom. The van der Waals surface area contributed by atoms with Crippen LogP contribution in [0.15, 0.2) is 23.7 Å². The molecule has 1 unspecified atom stereocenters. The normalized spacial score (nSPS) is 12.2. The molecule has 0 fully saturated rings. The lowest BCUT2D eigenvalue weighted by atomic mass is 10.4. The Hall–Kier alpha value is -1.50.